The second-order valence-corrected chi connectivity index (χ2v) is 8.63. The molecule has 0 radical (unpaired) electrons. The van der Waals surface area contributed by atoms with Crippen molar-refractivity contribution in [3.63, 3.8) is 0 Å². The monoisotopic (exact) mass is 499 g/mol. The first-order valence-corrected chi connectivity index (χ1v) is 11.1. The maximum absolute atomic E-state index is 12.9. The van der Waals surface area contributed by atoms with Crippen LogP contribution in [0.15, 0.2) is 76.1 Å². The molecule has 1 heterocycles. The molecule has 0 unspecified atom stereocenters. The Hall–Kier alpha value is -2.89. The van der Waals surface area contributed by atoms with Crippen molar-refractivity contribution in [2.75, 3.05) is 0 Å². The van der Waals surface area contributed by atoms with Gasteiger partial charge in [-0.05, 0) is 42.5 Å². The Morgan fingerprint density at radius 2 is 1.94 bits per heavy atom. The fraction of sp³-hybridized carbons (Fsp3) is 0.130. The van der Waals surface area contributed by atoms with E-state index in [1.165, 1.54) is 6.07 Å². The average Bonchev–Trinajstić information content (AvgIpc) is 3.10. The molecule has 0 aliphatic heterocycles. The molecular weight excluding hydrogens is 484 g/mol. The topological polar surface area (TPSA) is 50.8 Å². The number of benzene rings is 3. The summed E-state index contributed by atoms with van der Waals surface area (Å²) in [5.74, 6) is 1.48. The number of rotatable bonds is 7. The first-order chi connectivity index (χ1) is 15.0. The average molecular weight is 500 g/mol. The van der Waals surface area contributed by atoms with Crippen molar-refractivity contribution in [1.82, 2.24) is 9.55 Å². The van der Waals surface area contributed by atoms with Crippen molar-refractivity contribution in [3.05, 3.63) is 88.2 Å². The van der Waals surface area contributed by atoms with E-state index in [1.54, 1.807) is 48.2 Å². The molecule has 0 fully saturated rings. The van der Waals surface area contributed by atoms with E-state index in [0.717, 1.165) is 26.2 Å². The fourth-order valence-electron chi connectivity index (χ4n) is 3.25. The van der Waals surface area contributed by atoms with Gasteiger partial charge in [0, 0.05) is 14.9 Å². The number of para-hydroxylation sites is 1. The van der Waals surface area contributed by atoms with E-state index in [4.69, 9.17) is 9.72 Å². The third-order valence-electron chi connectivity index (χ3n) is 4.64. The number of nitriles is 1. The molecule has 0 spiro atoms. The highest BCUT2D eigenvalue weighted by Gasteiger charge is 2.16. The Balaban J connectivity index is 1.73. The van der Waals surface area contributed by atoms with Gasteiger partial charge in [0.05, 0.1) is 35.0 Å². The van der Waals surface area contributed by atoms with E-state index in [1.807, 2.05) is 28.8 Å². The van der Waals surface area contributed by atoms with Crippen LogP contribution in [0.25, 0.3) is 11.0 Å². The molecule has 31 heavy (non-hydrogen) atoms. The van der Waals surface area contributed by atoms with Gasteiger partial charge < -0.3 is 9.30 Å². The number of halogens is 3. The number of fused-ring (bicyclic) bond motifs is 1. The quantitative estimate of drug-likeness (QED) is 0.268. The van der Waals surface area contributed by atoms with Crippen LogP contribution in [0.5, 0.6) is 5.75 Å². The predicted molar refractivity (Wildman–Crippen MR) is 120 cm³/mol. The first-order valence-electron chi connectivity index (χ1n) is 9.34. The van der Waals surface area contributed by atoms with E-state index in [-0.39, 0.29) is 5.75 Å². The molecule has 0 N–H and O–H groups in total. The molecule has 0 atom stereocenters. The maximum atomic E-state index is 12.9. The summed E-state index contributed by atoms with van der Waals surface area (Å²) in [6, 6.07) is 22.1. The summed E-state index contributed by atoms with van der Waals surface area (Å²) in [6.07, 6.45) is 0. The van der Waals surface area contributed by atoms with Crippen LogP contribution in [0.1, 0.15) is 17.0 Å². The van der Waals surface area contributed by atoms with Crippen LogP contribution >= 0.6 is 27.7 Å². The van der Waals surface area contributed by atoms with E-state index < -0.39 is 6.61 Å². The molecule has 0 saturated heterocycles. The highest BCUT2D eigenvalue weighted by atomic mass is 79.9. The second kappa shape index (κ2) is 9.50. The molecule has 0 amide bonds. The minimum Gasteiger partial charge on any atom is -0.434 e. The van der Waals surface area contributed by atoms with Crippen molar-refractivity contribution in [3.8, 4) is 11.8 Å². The number of hydrogen-bond donors (Lipinski definition) is 0. The second-order valence-electron chi connectivity index (χ2n) is 6.66. The van der Waals surface area contributed by atoms with Gasteiger partial charge in [0.15, 0.2) is 0 Å². The normalized spacial score (nSPS) is 11.1. The van der Waals surface area contributed by atoms with Crippen molar-refractivity contribution in [2.24, 2.45) is 0 Å². The van der Waals surface area contributed by atoms with Crippen molar-refractivity contribution < 1.29 is 13.5 Å². The smallest absolute Gasteiger partial charge is 0.387 e. The lowest BCUT2D eigenvalue weighted by Gasteiger charge is -2.14. The summed E-state index contributed by atoms with van der Waals surface area (Å²) in [7, 11) is 0. The molecule has 0 aliphatic carbocycles. The van der Waals surface area contributed by atoms with Gasteiger partial charge >= 0.3 is 6.61 Å². The van der Waals surface area contributed by atoms with Crippen molar-refractivity contribution >= 4 is 38.7 Å². The molecule has 4 rings (SSSR count). The standard InChI is InChI=1S/C23H16BrF2N3OS/c24-17-5-3-6-18(11-17)31-14-22-28-19-9-8-15(12-27)10-20(19)29(22)13-16-4-1-2-7-21(16)30-23(25)26/h1-11,23H,13-14H2. The van der Waals surface area contributed by atoms with Crippen LogP contribution in [-0.2, 0) is 12.3 Å². The number of thioether (sulfide) groups is 1. The van der Waals surface area contributed by atoms with Crippen molar-refractivity contribution in [1.29, 1.82) is 5.26 Å². The Morgan fingerprint density at radius 1 is 1.10 bits per heavy atom. The number of nitrogens with zero attached hydrogens (tertiary/aromatic N) is 3. The van der Waals surface area contributed by atoms with Gasteiger partial charge in [-0.3, -0.25) is 0 Å². The Bertz CT molecular complexity index is 1270. The number of aromatic nitrogens is 2. The molecule has 3 aromatic carbocycles. The number of alkyl halides is 2. The third-order valence-corrected chi connectivity index (χ3v) is 6.12. The van der Waals surface area contributed by atoms with Crippen LogP contribution in [0.3, 0.4) is 0 Å². The van der Waals surface area contributed by atoms with Gasteiger partial charge in [-0.2, -0.15) is 14.0 Å². The van der Waals surface area contributed by atoms with Crippen LogP contribution in [0.4, 0.5) is 8.78 Å². The van der Waals surface area contributed by atoms with Gasteiger partial charge in [0.25, 0.3) is 0 Å². The summed E-state index contributed by atoms with van der Waals surface area (Å²) < 4.78 is 33.4. The Labute approximate surface area is 190 Å². The molecule has 4 aromatic rings. The minimum absolute atomic E-state index is 0.126. The fourth-order valence-corrected chi connectivity index (χ4v) is 4.70. The van der Waals surface area contributed by atoms with Gasteiger partial charge in [0.1, 0.15) is 11.6 Å². The van der Waals surface area contributed by atoms with Gasteiger partial charge in [-0.25, -0.2) is 4.98 Å². The van der Waals surface area contributed by atoms with Crippen LogP contribution in [0.2, 0.25) is 0 Å². The largest absolute Gasteiger partial charge is 0.434 e. The zero-order valence-electron chi connectivity index (χ0n) is 16.1. The molecule has 156 valence electrons. The highest BCUT2D eigenvalue weighted by Crippen LogP contribution is 2.29. The summed E-state index contributed by atoms with van der Waals surface area (Å²) in [5, 5.41) is 9.31. The number of hydrogen-bond acceptors (Lipinski definition) is 4. The maximum Gasteiger partial charge on any atom is 0.387 e. The first kappa shape index (κ1) is 21.3. The van der Waals surface area contributed by atoms with Gasteiger partial charge in [-0.15, -0.1) is 11.8 Å². The zero-order valence-corrected chi connectivity index (χ0v) is 18.5. The molecule has 0 bridgehead atoms. The summed E-state index contributed by atoms with van der Waals surface area (Å²) in [4.78, 5) is 5.82. The van der Waals surface area contributed by atoms with E-state index in [9.17, 15) is 14.0 Å². The summed E-state index contributed by atoms with van der Waals surface area (Å²) in [6.45, 7) is -2.61. The molecule has 8 heteroatoms. The Morgan fingerprint density at radius 3 is 2.71 bits per heavy atom. The predicted octanol–water partition coefficient (Wildman–Crippen LogP) is 6.61. The van der Waals surface area contributed by atoms with E-state index in [0.29, 0.717) is 23.4 Å². The molecule has 0 saturated carbocycles. The van der Waals surface area contributed by atoms with Crippen molar-refractivity contribution in [2.45, 2.75) is 23.8 Å². The minimum atomic E-state index is -2.91. The lowest BCUT2D eigenvalue weighted by Crippen LogP contribution is -2.09. The molecule has 4 nitrogen and oxygen atoms in total. The van der Waals surface area contributed by atoms with Crippen LogP contribution in [0, 0.1) is 11.3 Å². The van der Waals surface area contributed by atoms with Crippen LogP contribution in [-0.4, -0.2) is 16.2 Å². The molecular formula is C23H16BrF2N3OS. The van der Waals surface area contributed by atoms with Gasteiger partial charge in [-0.1, -0.05) is 40.2 Å². The highest BCUT2D eigenvalue weighted by molar-refractivity contribution is 9.10. The zero-order chi connectivity index (χ0) is 21.8. The lowest BCUT2D eigenvalue weighted by atomic mass is 10.2. The number of imidazole rings is 1. The third kappa shape index (κ3) is 5.06. The Kier molecular flexibility index (Phi) is 6.54. The van der Waals surface area contributed by atoms with Crippen LogP contribution < -0.4 is 4.74 Å². The SMILES string of the molecule is N#Cc1ccc2nc(CSc3cccc(Br)c3)n(Cc3ccccc3OC(F)F)c2c1. The molecule has 1 aromatic heterocycles. The molecule has 0 aliphatic rings. The number of ether oxygens (including phenoxy) is 1. The summed E-state index contributed by atoms with van der Waals surface area (Å²) in [5.41, 5.74) is 2.64. The summed E-state index contributed by atoms with van der Waals surface area (Å²) >= 11 is 5.10. The van der Waals surface area contributed by atoms with E-state index >= 15 is 0 Å². The van der Waals surface area contributed by atoms with Gasteiger partial charge in [0.2, 0.25) is 0 Å². The lowest BCUT2D eigenvalue weighted by molar-refractivity contribution is -0.0504. The van der Waals surface area contributed by atoms with E-state index in [2.05, 4.69) is 22.0 Å².